The number of nitrogens with two attached hydrogens (primary N) is 1. The number of aromatic nitrogens is 2. The summed E-state index contributed by atoms with van der Waals surface area (Å²) >= 11 is 1.63. The highest BCUT2D eigenvalue weighted by molar-refractivity contribution is 7.99. The van der Waals surface area contributed by atoms with Crippen molar-refractivity contribution in [1.82, 2.24) is 9.97 Å². The lowest BCUT2D eigenvalue weighted by atomic mass is 10.2. The predicted octanol–water partition coefficient (Wildman–Crippen LogP) is 1.92. The molecule has 0 atom stereocenters. The fourth-order valence-electron chi connectivity index (χ4n) is 1.02. The second-order valence-electron chi connectivity index (χ2n) is 3.49. The molecule has 1 rings (SSSR count). The molecule has 2 N–H and O–H groups in total. The van der Waals surface area contributed by atoms with Gasteiger partial charge >= 0.3 is 0 Å². The summed E-state index contributed by atoms with van der Waals surface area (Å²) in [6.07, 6.45) is 0. The monoisotopic (exact) mass is 227 g/mol. The summed E-state index contributed by atoms with van der Waals surface area (Å²) in [7, 11) is 1.69. The first-order valence-corrected chi connectivity index (χ1v) is 5.88. The summed E-state index contributed by atoms with van der Waals surface area (Å²) in [6.45, 7) is 4.82. The molecule has 0 aromatic carbocycles. The Balaban J connectivity index is 2.71. The molecular weight excluding hydrogens is 210 g/mol. The van der Waals surface area contributed by atoms with Gasteiger partial charge in [-0.25, -0.2) is 9.97 Å². The Morgan fingerprint density at radius 1 is 1.47 bits per heavy atom. The van der Waals surface area contributed by atoms with E-state index in [0.717, 1.165) is 16.6 Å². The van der Waals surface area contributed by atoms with Gasteiger partial charge in [0.05, 0.1) is 6.61 Å². The minimum absolute atomic E-state index is 0.301. The van der Waals surface area contributed by atoms with Crippen LogP contribution in [0.5, 0.6) is 0 Å². The van der Waals surface area contributed by atoms with Gasteiger partial charge in [0, 0.05) is 24.8 Å². The zero-order chi connectivity index (χ0) is 11.3. The molecule has 15 heavy (non-hydrogen) atoms. The first-order chi connectivity index (χ1) is 7.13. The smallest absolute Gasteiger partial charge is 0.134 e. The Bertz CT molecular complexity index is 318. The molecule has 1 aromatic heterocycles. The van der Waals surface area contributed by atoms with E-state index in [2.05, 4.69) is 23.8 Å². The number of methoxy groups -OCH3 is 1. The minimum Gasteiger partial charge on any atom is -0.384 e. The number of anilines is 1. The number of thioether (sulfide) groups is 1. The van der Waals surface area contributed by atoms with Gasteiger partial charge < -0.3 is 10.5 Å². The molecule has 1 aromatic rings. The number of nitrogen functional groups attached to an aromatic ring is 1. The van der Waals surface area contributed by atoms with Crippen molar-refractivity contribution < 1.29 is 4.74 Å². The maximum absolute atomic E-state index is 5.71. The third-order valence-corrected chi connectivity index (χ3v) is 2.67. The van der Waals surface area contributed by atoms with Crippen LogP contribution in [-0.2, 0) is 4.74 Å². The van der Waals surface area contributed by atoms with E-state index < -0.39 is 0 Å². The van der Waals surface area contributed by atoms with E-state index in [4.69, 9.17) is 10.5 Å². The highest BCUT2D eigenvalue weighted by Gasteiger charge is 2.06. The van der Waals surface area contributed by atoms with Crippen LogP contribution in [0.25, 0.3) is 0 Å². The topological polar surface area (TPSA) is 61.0 Å². The molecule has 1 heterocycles. The molecule has 0 aliphatic rings. The summed E-state index contributed by atoms with van der Waals surface area (Å²) < 4.78 is 4.98. The van der Waals surface area contributed by atoms with E-state index >= 15 is 0 Å². The first kappa shape index (κ1) is 12.3. The molecular formula is C10H17N3OS. The Hall–Kier alpha value is -0.810. The summed E-state index contributed by atoms with van der Waals surface area (Å²) in [5.41, 5.74) is 5.71. The molecule has 84 valence electrons. The molecule has 0 bridgehead atoms. The van der Waals surface area contributed by atoms with Crippen molar-refractivity contribution in [2.45, 2.75) is 24.8 Å². The Morgan fingerprint density at radius 3 is 2.80 bits per heavy atom. The van der Waals surface area contributed by atoms with Gasteiger partial charge in [-0.05, 0) is 0 Å². The van der Waals surface area contributed by atoms with Gasteiger partial charge in [0.15, 0.2) is 0 Å². The molecule has 0 unspecified atom stereocenters. The van der Waals surface area contributed by atoms with E-state index in [1.807, 2.05) is 0 Å². The molecule has 0 spiro atoms. The van der Waals surface area contributed by atoms with Crippen LogP contribution in [0.2, 0.25) is 0 Å². The summed E-state index contributed by atoms with van der Waals surface area (Å²) in [6, 6.07) is 1.80. The van der Waals surface area contributed by atoms with Gasteiger partial charge in [-0.3, -0.25) is 0 Å². The second-order valence-corrected chi connectivity index (χ2v) is 4.60. The van der Waals surface area contributed by atoms with Crippen LogP contribution < -0.4 is 5.73 Å². The maximum Gasteiger partial charge on any atom is 0.134 e. The normalized spacial score (nSPS) is 10.9. The zero-order valence-electron chi connectivity index (χ0n) is 9.36. The highest BCUT2D eigenvalue weighted by atomic mass is 32.2. The van der Waals surface area contributed by atoms with Crippen LogP contribution in [0.3, 0.4) is 0 Å². The number of nitrogens with zero attached hydrogens (tertiary/aromatic N) is 2. The Kier molecular flexibility index (Phi) is 4.84. The summed E-state index contributed by atoms with van der Waals surface area (Å²) in [4.78, 5) is 8.60. The van der Waals surface area contributed by atoms with E-state index in [9.17, 15) is 0 Å². The van der Waals surface area contributed by atoms with E-state index in [-0.39, 0.29) is 0 Å². The Labute approximate surface area is 94.6 Å². The van der Waals surface area contributed by atoms with Crippen LogP contribution in [0.4, 0.5) is 5.82 Å². The van der Waals surface area contributed by atoms with Crippen molar-refractivity contribution in [3.63, 3.8) is 0 Å². The molecule has 0 aliphatic carbocycles. The minimum atomic E-state index is 0.301. The second kappa shape index (κ2) is 5.92. The number of rotatable bonds is 5. The van der Waals surface area contributed by atoms with Crippen LogP contribution in [0, 0.1) is 0 Å². The van der Waals surface area contributed by atoms with Crippen molar-refractivity contribution in [3.05, 3.63) is 11.9 Å². The number of hydrogen-bond donors (Lipinski definition) is 1. The van der Waals surface area contributed by atoms with Crippen molar-refractivity contribution in [2.24, 2.45) is 0 Å². The van der Waals surface area contributed by atoms with E-state index in [1.165, 1.54) is 0 Å². The van der Waals surface area contributed by atoms with Gasteiger partial charge in [-0.15, -0.1) is 11.8 Å². The third kappa shape index (κ3) is 4.05. The lowest BCUT2D eigenvalue weighted by Crippen LogP contribution is -2.03. The quantitative estimate of drug-likeness (QED) is 0.473. The van der Waals surface area contributed by atoms with Gasteiger partial charge in [0.25, 0.3) is 0 Å². The van der Waals surface area contributed by atoms with Crippen molar-refractivity contribution in [1.29, 1.82) is 0 Å². The molecule has 4 nitrogen and oxygen atoms in total. The first-order valence-electron chi connectivity index (χ1n) is 4.89. The largest absolute Gasteiger partial charge is 0.384 e. The molecule has 0 fully saturated rings. The van der Waals surface area contributed by atoms with Gasteiger partial charge in [-0.2, -0.15) is 0 Å². The van der Waals surface area contributed by atoms with Crippen molar-refractivity contribution >= 4 is 17.6 Å². The van der Waals surface area contributed by atoms with Crippen LogP contribution in [0.15, 0.2) is 11.1 Å². The average Bonchev–Trinajstić information content (AvgIpc) is 2.17. The van der Waals surface area contributed by atoms with Crippen LogP contribution in [-0.4, -0.2) is 29.4 Å². The van der Waals surface area contributed by atoms with Gasteiger partial charge in [0.2, 0.25) is 0 Å². The van der Waals surface area contributed by atoms with Crippen molar-refractivity contribution in [2.75, 3.05) is 25.2 Å². The maximum atomic E-state index is 5.71. The Morgan fingerprint density at radius 2 is 2.20 bits per heavy atom. The standard InChI is InChI=1S/C10H17N3OS/c1-7(2)10-12-8(11)6-9(13-10)15-5-4-14-3/h6-7H,4-5H2,1-3H3,(H2,11,12,13). The molecule has 5 heteroatoms. The fourth-order valence-corrected chi connectivity index (χ4v) is 1.84. The van der Waals surface area contributed by atoms with Crippen LogP contribution in [0.1, 0.15) is 25.6 Å². The van der Waals surface area contributed by atoms with Crippen LogP contribution >= 0.6 is 11.8 Å². The predicted molar refractivity (Wildman–Crippen MR) is 63.1 cm³/mol. The summed E-state index contributed by atoms with van der Waals surface area (Å²) in [5.74, 6) is 2.52. The summed E-state index contributed by atoms with van der Waals surface area (Å²) in [5, 5.41) is 0.920. The molecule has 0 radical (unpaired) electrons. The molecule has 0 aliphatic heterocycles. The van der Waals surface area contributed by atoms with Crippen molar-refractivity contribution in [3.8, 4) is 0 Å². The van der Waals surface area contributed by atoms with E-state index in [0.29, 0.717) is 18.3 Å². The number of hydrogen-bond acceptors (Lipinski definition) is 5. The SMILES string of the molecule is COCCSc1cc(N)nc(C(C)C)n1. The highest BCUT2D eigenvalue weighted by Crippen LogP contribution is 2.20. The fraction of sp³-hybridized carbons (Fsp3) is 0.600. The van der Waals surface area contributed by atoms with E-state index in [1.54, 1.807) is 24.9 Å². The van der Waals surface area contributed by atoms with Gasteiger partial charge in [0.1, 0.15) is 16.7 Å². The molecule has 0 saturated carbocycles. The lowest BCUT2D eigenvalue weighted by Gasteiger charge is -2.07. The molecule has 0 saturated heterocycles. The third-order valence-electron chi connectivity index (χ3n) is 1.79. The molecule has 0 amide bonds. The van der Waals surface area contributed by atoms with Gasteiger partial charge in [-0.1, -0.05) is 13.8 Å². The zero-order valence-corrected chi connectivity index (χ0v) is 10.2. The average molecular weight is 227 g/mol. The number of ether oxygens (including phenoxy) is 1. The lowest BCUT2D eigenvalue weighted by molar-refractivity contribution is 0.218.